The van der Waals surface area contributed by atoms with Crippen molar-refractivity contribution in [3.05, 3.63) is 122 Å². The normalized spacial score (nSPS) is 15.4. The minimum atomic E-state index is 0.0133. The highest BCUT2D eigenvalue weighted by Crippen LogP contribution is 2.23. The Bertz CT molecular complexity index is 1350. The number of benzene rings is 2. The molecule has 2 aromatic heterocycles. The molecule has 2 aliphatic heterocycles. The van der Waals surface area contributed by atoms with Gasteiger partial charge >= 0.3 is 0 Å². The fourth-order valence-corrected chi connectivity index (χ4v) is 4.99. The van der Waals surface area contributed by atoms with Crippen LogP contribution >= 0.6 is 11.6 Å². The van der Waals surface area contributed by atoms with Crippen LogP contribution in [-0.2, 0) is 39.0 Å². The Kier molecular flexibility index (Phi) is 7.81. The van der Waals surface area contributed by atoms with E-state index in [1.807, 2.05) is 12.1 Å². The van der Waals surface area contributed by atoms with Crippen LogP contribution in [-0.4, -0.2) is 42.8 Å². The van der Waals surface area contributed by atoms with Crippen molar-refractivity contribution in [1.82, 2.24) is 29.7 Å². The SMILES string of the molecule is Clc1ncnc2c1CCN(Cc1ccccc1)C2.O=c1[nH]cnc2c1CCN(Cc1ccccc1)C2. The van der Waals surface area contributed by atoms with Crippen LogP contribution in [0, 0.1) is 0 Å². The van der Waals surface area contributed by atoms with Crippen molar-refractivity contribution in [3.8, 4) is 0 Å². The molecule has 0 fully saturated rings. The number of nitrogens with one attached hydrogen (secondary N) is 1. The fraction of sp³-hybridized carbons (Fsp3) is 0.286. The van der Waals surface area contributed by atoms with Crippen LogP contribution < -0.4 is 5.56 Å². The zero-order valence-electron chi connectivity index (χ0n) is 20.1. The second-order valence-electron chi connectivity index (χ2n) is 9.14. The lowest BCUT2D eigenvalue weighted by Gasteiger charge is -2.28. The maximum atomic E-state index is 11.6. The van der Waals surface area contributed by atoms with Gasteiger partial charge in [-0.3, -0.25) is 14.6 Å². The fourth-order valence-electron chi connectivity index (χ4n) is 4.74. The largest absolute Gasteiger partial charge is 0.313 e. The Morgan fingerprint density at radius 3 is 1.92 bits per heavy atom. The van der Waals surface area contributed by atoms with Crippen molar-refractivity contribution < 1.29 is 0 Å². The van der Waals surface area contributed by atoms with Crippen molar-refractivity contribution in [2.24, 2.45) is 0 Å². The molecule has 1 N–H and O–H groups in total. The summed E-state index contributed by atoms with van der Waals surface area (Å²) < 4.78 is 0. The van der Waals surface area contributed by atoms with Crippen LogP contribution in [0.1, 0.15) is 33.6 Å². The van der Waals surface area contributed by atoms with Gasteiger partial charge in [0, 0.05) is 50.4 Å². The lowest BCUT2D eigenvalue weighted by atomic mass is 10.1. The standard InChI is InChI=1S/C14H14ClN3.C14H15N3O/c15-14-12-6-7-18(9-13(12)16-10-17-14)8-11-4-2-1-3-5-11;18-14-12-6-7-17(9-13(12)15-10-16-14)8-11-4-2-1-3-5-11/h1-5,10H,6-9H2;1-5,10H,6-9H2,(H,15,16,18). The van der Waals surface area contributed by atoms with E-state index in [-0.39, 0.29) is 5.56 Å². The van der Waals surface area contributed by atoms with Crippen LogP contribution in [0.15, 0.2) is 78.1 Å². The minimum Gasteiger partial charge on any atom is -0.313 e. The Morgan fingerprint density at radius 2 is 1.31 bits per heavy atom. The van der Waals surface area contributed by atoms with Gasteiger partial charge in [0.1, 0.15) is 11.5 Å². The number of aromatic amines is 1. The molecule has 0 radical (unpaired) electrons. The van der Waals surface area contributed by atoms with Gasteiger partial charge in [0.25, 0.3) is 5.56 Å². The zero-order valence-corrected chi connectivity index (χ0v) is 20.9. The van der Waals surface area contributed by atoms with Crippen molar-refractivity contribution >= 4 is 11.6 Å². The van der Waals surface area contributed by atoms with Gasteiger partial charge in [0.2, 0.25) is 0 Å². The summed E-state index contributed by atoms with van der Waals surface area (Å²) in [6, 6.07) is 20.9. The predicted octanol–water partition coefficient (Wildman–Crippen LogP) is 4.02. The molecule has 0 saturated carbocycles. The quantitative estimate of drug-likeness (QED) is 0.426. The van der Waals surface area contributed by atoms with Crippen molar-refractivity contribution in [1.29, 1.82) is 0 Å². The predicted molar refractivity (Wildman–Crippen MR) is 140 cm³/mol. The van der Waals surface area contributed by atoms with E-state index < -0.39 is 0 Å². The second kappa shape index (κ2) is 11.6. The zero-order chi connectivity index (χ0) is 24.7. The molecule has 0 spiro atoms. The third-order valence-electron chi connectivity index (χ3n) is 6.62. The summed E-state index contributed by atoms with van der Waals surface area (Å²) in [6.07, 6.45) is 4.76. The molecule has 4 heterocycles. The van der Waals surface area contributed by atoms with E-state index in [9.17, 15) is 4.79 Å². The molecule has 0 saturated heterocycles. The number of H-pyrrole nitrogens is 1. The van der Waals surface area contributed by atoms with Gasteiger partial charge in [-0.1, -0.05) is 72.3 Å². The molecule has 0 unspecified atom stereocenters. The van der Waals surface area contributed by atoms with E-state index >= 15 is 0 Å². The smallest absolute Gasteiger partial charge is 0.254 e. The number of nitrogens with zero attached hydrogens (tertiary/aromatic N) is 5. The van der Waals surface area contributed by atoms with Crippen LogP contribution in [0.4, 0.5) is 0 Å². The summed E-state index contributed by atoms with van der Waals surface area (Å²) in [6.45, 7) is 5.41. The Balaban J connectivity index is 0.000000148. The molecule has 2 aromatic carbocycles. The van der Waals surface area contributed by atoms with Crippen LogP contribution in [0.2, 0.25) is 5.15 Å². The van der Waals surface area contributed by atoms with Gasteiger partial charge in [-0.05, 0) is 24.0 Å². The van der Waals surface area contributed by atoms with Crippen LogP contribution in [0.5, 0.6) is 0 Å². The molecule has 0 aliphatic carbocycles. The molecule has 36 heavy (non-hydrogen) atoms. The van der Waals surface area contributed by atoms with E-state index in [1.54, 1.807) is 6.33 Å². The maximum absolute atomic E-state index is 11.6. The van der Waals surface area contributed by atoms with Gasteiger partial charge in [0.05, 0.1) is 17.7 Å². The van der Waals surface area contributed by atoms with Crippen molar-refractivity contribution in [2.45, 2.75) is 39.0 Å². The van der Waals surface area contributed by atoms with Gasteiger partial charge in [-0.15, -0.1) is 0 Å². The monoisotopic (exact) mass is 500 g/mol. The maximum Gasteiger partial charge on any atom is 0.254 e. The number of hydrogen-bond acceptors (Lipinski definition) is 6. The summed E-state index contributed by atoms with van der Waals surface area (Å²) in [7, 11) is 0. The first-order valence-corrected chi connectivity index (χ1v) is 12.6. The van der Waals surface area contributed by atoms with Gasteiger partial charge < -0.3 is 4.98 Å². The van der Waals surface area contributed by atoms with Gasteiger partial charge in [-0.25, -0.2) is 15.0 Å². The molecular weight excluding hydrogens is 472 g/mol. The summed E-state index contributed by atoms with van der Waals surface area (Å²) >= 11 is 6.08. The number of hydrogen-bond donors (Lipinski definition) is 1. The first-order chi connectivity index (χ1) is 17.7. The Morgan fingerprint density at radius 1 is 0.750 bits per heavy atom. The first-order valence-electron chi connectivity index (χ1n) is 12.2. The molecule has 2 aliphatic rings. The second-order valence-corrected chi connectivity index (χ2v) is 9.50. The average Bonchev–Trinajstić information content (AvgIpc) is 2.91. The Hall–Kier alpha value is -3.39. The molecule has 0 amide bonds. The Labute approximate surface area is 215 Å². The lowest BCUT2D eigenvalue weighted by Crippen LogP contribution is -2.34. The van der Waals surface area contributed by atoms with E-state index in [0.717, 1.165) is 74.6 Å². The van der Waals surface area contributed by atoms with Gasteiger partial charge in [0.15, 0.2) is 0 Å². The molecular formula is C28H29ClN6O. The van der Waals surface area contributed by atoms with E-state index in [1.165, 1.54) is 17.5 Å². The average molecular weight is 501 g/mol. The molecule has 7 nitrogen and oxygen atoms in total. The molecule has 0 atom stereocenters. The topological polar surface area (TPSA) is 78.0 Å². The number of halogens is 1. The summed E-state index contributed by atoms with van der Waals surface area (Å²) in [4.78, 5) is 31.6. The van der Waals surface area contributed by atoms with Crippen molar-refractivity contribution in [2.75, 3.05) is 13.1 Å². The van der Waals surface area contributed by atoms with E-state index in [2.05, 4.69) is 78.3 Å². The molecule has 184 valence electrons. The first kappa shape index (κ1) is 24.3. The minimum absolute atomic E-state index is 0.0133. The van der Waals surface area contributed by atoms with Crippen molar-refractivity contribution in [3.63, 3.8) is 0 Å². The highest BCUT2D eigenvalue weighted by atomic mass is 35.5. The highest BCUT2D eigenvalue weighted by molar-refractivity contribution is 6.30. The van der Waals surface area contributed by atoms with Crippen LogP contribution in [0.3, 0.4) is 0 Å². The van der Waals surface area contributed by atoms with Crippen LogP contribution in [0.25, 0.3) is 0 Å². The van der Waals surface area contributed by atoms with E-state index in [4.69, 9.17) is 11.6 Å². The number of fused-ring (bicyclic) bond motifs is 2. The third kappa shape index (κ3) is 6.05. The molecule has 0 bridgehead atoms. The number of rotatable bonds is 4. The van der Waals surface area contributed by atoms with E-state index in [0.29, 0.717) is 5.15 Å². The number of aromatic nitrogens is 4. The molecule has 6 rings (SSSR count). The summed E-state index contributed by atoms with van der Waals surface area (Å²) in [5.41, 5.74) is 6.59. The molecule has 8 heteroatoms. The summed E-state index contributed by atoms with van der Waals surface area (Å²) in [5, 5.41) is 0.611. The highest BCUT2D eigenvalue weighted by Gasteiger charge is 2.20. The molecule has 4 aromatic rings. The summed E-state index contributed by atoms with van der Waals surface area (Å²) in [5.74, 6) is 0. The lowest BCUT2D eigenvalue weighted by molar-refractivity contribution is 0.240. The third-order valence-corrected chi connectivity index (χ3v) is 6.95. The van der Waals surface area contributed by atoms with Gasteiger partial charge in [-0.2, -0.15) is 0 Å².